The summed E-state index contributed by atoms with van der Waals surface area (Å²) in [6.07, 6.45) is 1.25. The second-order valence-corrected chi connectivity index (χ2v) is 7.97. The molecule has 2 atom stereocenters. The maximum absolute atomic E-state index is 12.5. The van der Waals surface area contributed by atoms with Gasteiger partial charge in [-0.2, -0.15) is 0 Å². The van der Waals surface area contributed by atoms with E-state index in [4.69, 9.17) is 17.3 Å². The molecule has 0 saturated carbocycles. The first kappa shape index (κ1) is 18.6. The van der Waals surface area contributed by atoms with E-state index in [1.807, 2.05) is 12.1 Å². The SMILES string of the molecule is Cc1cc(N)c(NC(=O)c2ccc(Cl)cc2)cc1N1C[C@H](C)C[C@H](C)C1. The monoisotopic (exact) mass is 371 g/mol. The Labute approximate surface area is 160 Å². The Morgan fingerprint density at radius 3 is 2.38 bits per heavy atom. The molecule has 2 aromatic rings. The van der Waals surface area contributed by atoms with Gasteiger partial charge in [0, 0.05) is 29.4 Å². The molecule has 2 aromatic carbocycles. The number of anilines is 3. The zero-order valence-corrected chi connectivity index (χ0v) is 16.3. The zero-order chi connectivity index (χ0) is 18.8. The molecular weight excluding hydrogens is 346 g/mol. The summed E-state index contributed by atoms with van der Waals surface area (Å²) in [6.45, 7) is 8.71. The number of hydrogen-bond acceptors (Lipinski definition) is 3. The van der Waals surface area contributed by atoms with Crippen molar-refractivity contribution in [2.24, 2.45) is 11.8 Å². The van der Waals surface area contributed by atoms with E-state index < -0.39 is 0 Å². The smallest absolute Gasteiger partial charge is 0.255 e. The summed E-state index contributed by atoms with van der Waals surface area (Å²) in [6, 6.07) is 10.8. The van der Waals surface area contributed by atoms with Gasteiger partial charge in [-0.3, -0.25) is 4.79 Å². The van der Waals surface area contributed by atoms with Crippen LogP contribution in [-0.2, 0) is 0 Å². The molecule has 1 fully saturated rings. The van der Waals surface area contributed by atoms with E-state index >= 15 is 0 Å². The van der Waals surface area contributed by atoms with Crippen LogP contribution in [0.4, 0.5) is 17.1 Å². The summed E-state index contributed by atoms with van der Waals surface area (Å²) < 4.78 is 0. The second kappa shape index (κ2) is 7.58. The highest BCUT2D eigenvalue weighted by molar-refractivity contribution is 6.30. The van der Waals surface area contributed by atoms with Crippen molar-refractivity contribution >= 4 is 34.6 Å². The van der Waals surface area contributed by atoms with E-state index in [9.17, 15) is 4.79 Å². The fraction of sp³-hybridized carbons (Fsp3) is 0.381. The topological polar surface area (TPSA) is 58.4 Å². The fourth-order valence-corrected chi connectivity index (χ4v) is 3.95. The van der Waals surface area contributed by atoms with Crippen molar-refractivity contribution in [2.45, 2.75) is 27.2 Å². The van der Waals surface area contributed by atoms with Gasteiger partial charge in [0.05, 0.1) is 11.4 Å². The van der Waals surface area contributed by atoms with Gasteiger partial charge in [0.1, 0.15) is 0 Å². The number of piperidine rings is 1. The molecule has 4 nitrogen and oxygen atoms in total. The van der Waals surface area contributed by atoms with Crippen LogP contribution in [0.3, 0.4) is 0 Å². The zero-order valence-electron chi connectivity index (χ0n) is 15.6. The lowest BCUT2D eigenvalue weighted by Crippen LogP contribution is -2.39. The van der Waals surface area contributed by atoms with Crippen LogP contribution in [-0.4, -0.2) is 19.0 Å². The van der Waals surface area contributed by atoms with Crippen molar-refractivity contribution in [3.63, 3.8) is 0 Å². The summed E-state index contributed by atoms with van der Waals surface area (Å²) in [5.41, 5.74) is 10.2. The Morgan fingerprint density at radius 2 is 1.77 bits per heavy atom. The minimum Gasteiger partial charge on any atom is -0.397 e. The first-order valence-corrected chi connectivity index (χ1v) is 9.43. The predicted molar refractivity (Wildman–Crippen MR) is 110 cm³/mol. The lowest BCUT2D eigenvalue weighted by Gasteiger charge is -2.37. The van der Waals surface area contributed by atoms with Gasteiger partial charge < -0.3 is 16.0 Å². The van der Waals surface area contributed by atoms with Crippen LogP contribution in [0.15, 0.2) is 36.4 Å². The summed E-state index contributed by atoms with van der Waals surface area (Å²) in [5, 5.41) is 3.55. The largest absolute Gasteiger partial charge is 0.397 e. The van der Waals surface area contributed by atoms with Crippen LogP contribution in [0.5, 0.6) is 0 Å². The van der Waals surface area contributed by atoms with E-state index in [0.29, 0.717) is 33.8 Å². The minimum atomic E-state index is -0.191. The Hall–Kier alpha value is -2.20. The number of nitrogens with zero attached hydrogens (tertiary/aromatic N) is 1. The number of hydrogen-bond donors (Lipinski definition) is 2. The predicted octanol–water partition coefficient (Wildman–Crippen LogP) is 4.97. The molecule has 3 rings (SSSR count). The third-order valence-electron chi connectivity index (χ3n) is 4.93. The van der Waals surface area contributed by atoms with E-state index in [-0.39, 0.29) is 5.91 Å². The summed E-state index contributed by atoms with van der Waals surface area (Å²) >= 11 is 5.89. The molecule has 138 valence electrons. The highest BCUT2D eigenvalue weighted by Gasteiger charge is 2.24. The summed E-state index contributed by atoms with van der Waals surface area (Å²) in [7, 11) is 0. The maximum Gasteiger partial charge on any atom is 0.255 e. The molecule has 0 aromatic heterocycles. The van der Waals surface area contributed by atoms with Crippen LogP contribution < -0.4 is 16.0 Å². The Kier molecular flexibility index (Phi) is 5.42. The minimum absolute atomic E-state index is 0.191. The van der Waals surface area contributed by atoms with Crippen molar-refractivity contribution in [3.8, 4) is 0 Å². The Morgan fingerprint density at radius 1 is 1.15 bits per heavy atom. The lowest BCUT2D eigenvalue weighted by molar-refractivity contribution is 0.102. The molecule has 1 aliphatic rings. The molecule has 1 aliphatic heterocycles. The van der Waals surface area contributed by atoms with Crippen LogP contribution in [0.25, 0.3) is 0 Å². The van der Waals surface area contributed by atoms with Crippen molar-refractivity contribution in [1.29, 1.82) is 0 Å². The van der Waals surface area contributed by atoms with Gasteiger partial charge in [0.25, 0.3) is 5.91 Å². The number of carbonyl (C=O) groups excluding carboxylic acids is 1. The molecule has 3 N–H and O–H groups in total. The fourth-order valence-electron chi connectivity index (χ4n) is 3.82. The van der Waals surface area contributed by atoms with E-state index in [1.54, 1.807) is 24.3 Å². The molecule has 0 radical (unpaired) electrons. The van der Waals surface area contributed by atoms with E-state index in [0.717, 1.165) is 24.3 Å². The molecule has 5 heteroatoms. The number of halogens is 1. The number of amides is 1. The molecule has 1 heterocycles. The first-order chi connectivity index (χ1) is 12.3. The summed E-state index contributed by atoms with van der Waals surface area (Å²) in [4.78, 5) is 14.9. The highest BCUT2D eigenvalue weighted by Crippen LogP contribution is 2.33. The number of aryl methyl sites for hydroxylation is 1. The maximum atomic E-state index is 12.5. The van der Waals surface area contributed by atoms with Gasteiger partial charge in [0.2, 0.25) is 0 Å². The number of carbonyl (C=O) groups is 1. The molecule has 1 saturated heterocycles. The molecule has 0 unspecified atom stereocenters. The Bertz CT molecular complexity index is 794. The van der Waals surface area contributed by atoms with Gasteiger partial charge in [-0.25, -0.2) is 0 Å². The molecule has 0 spiro atoms. The average Bonchev–Trinajstić information content (AvgIpc) is 2.57. The van der Waals surface area contributed by atoms with E-state index in [1.165, 1.54) is 6.42 Å². The highest BCUT2D eigenvalue weighted by atomic mass is 35.5. The van der Waals surface area contributed by atoms with Crippen molar-refractivity contribution in [2.75, 3.05) is 29.0 Å². The van der Waals surface area contributed by atoms with Gasteiger partial charge in [-0.1, -0.05) is 25.4 Å². The number of benzene rings is 2. The van der Waals surface area contributed by atoms with Crippen molar-refractivity contribution < 1.29 is 4.79 Å². The molecule has 1 amide bonds. The normalized spacial score (nSPS) is 20.1. The van der Waals surface area contributed by atoms with E-state index in [2.05, 4.69) is 31.0 Å². The molecule has 0 bridgehead atoms. The van der Waals surface area contributed by atoms with Gasteiger partial charge in [-0.05, 0) is 67.1 Å². The van der Waals surface area contributed by atoms with Gasteiger partial charge in [-0.15, -0.1) is 0 Å². The summed E-state index contributed by atoms with van der Waals surface area (Å²) in [5.74, 6) is 1.12. The quantitative estimate of drug-likeness (QED) is 0.749. The average molecular weight is 372 g/mol. The van der Waals surface area contributed by atoms with Crippen LogP contribution >= 0.6 is 11.6 Å². The van der Waals surface area contributed by atoms with Gasteiger partial charge >= 0.3 is 0 Å². The molecular formula is C21H26ClN3O. The third-order valence-corrected chi connectivity index (χ3v) is 5.18. The number of nitrogens with one attached hydrogen (secondary N) is 1. The third kappa shape index (κ3) is 4.13. The van der Waals surface area contributed by atoms with Crippen molar-refractivity contribution in [1.82, 2.24) is 0 Å². The van der Waals surface area contributed by atoms with Crippen LogP contribution in [0.1, 0.15) is 36.2 Å². The van der Waals surface area contributed by atoms with Crippen molar-refractivity contribution in [3.05, 3.63) is 52.5 Å². The number of rotatable bonds is 3. The first-order valence-electron chi connectivity index (χ1n) is 9.05. The molecule has 26 heavy (non-hydrogen) atoms. The second-order valence-electron chi connectivity index (χ2n) is 7.54. The van der Waals surface area contributed by atoms with Gasteiger partial charge in [0.15, 0.2) is 0 Å². The number of nitrogen functional groups attached to an aromatic ring is 1. The van der Waals surface area contributed by atoms with Crippen LogP contribution in [0, 0.1) is 18.8 Å². The lowest BCUT2D eigenvalue weighted by atomic mass is 9.91. The van der Waals surface area contributed by atoms with Crippen LogP contribution in [0.2, 0.25) is 5.02 Å². The number of nitrogens with two attached hydrogens (primary N) is 1. The Balaban J connectivity index is 1.86. The molecule has 0 aliphatic carbocycles. The standard InChI is InChI=1S/C21H26ClN3O/c1-13-8-14(2)12-25(11-13)20-10-19(18(23)9-15(20)3)24-21(26)16-4-6-17(22)7-5-16/h4-7,9-10,13-14H,8,11-12,23H2,1-3H3,(H,24,26)/t13-,14+.